The van der Waals surface area contributed by atoms with E-state index in [0.717, 1.165) is 108 Å². The van der Waals surface area contributed by atoms with Crippen molar-refractivity contribution in [2.45, 2.75) is 394 Å². The Morgan fingerprint density at radius 1 is 0.312 bits per heavy atom. The van der Waals surface area contributed by atoms with Gasteiger partial charge in [0.05, 0.1) is 26.4 Å². The molecular weight excluding hydrogens is 1220 g/mol. The Labute approximate surface area is 568 Å². The topological polar surface area (TPSA) is 237 Å². The van der Waals surface area contributed by atoms with Crippen LogP contribution in [-0.2, 0) is 65.4 Å². The van der Waals surface area contributed by atoms with Gasteiger partial charge < -0.3 is 33.8 Å². The quantitative estimate of drug-likeness (QED) is 0.0222. The SMILES string of the molecule is CCCCCCCCCCCCCCCCC(=O)O[C@H](COC(=O)CCCCCCCCCCC(C)C)COP(=O)(O)OC[C@H](O)COP(=O)(O)OC[C@@H](COC(=O)CCCCCCCCCCCCC(C)CC)OC(=O)CCCCCCCCCCCCCC(C)C. The Balaban J connectivity index is 5.27. The number of esters is 4. The summed E-state index contributed by atoms with van der Waals surface area (Å²) in [6, 6.07) is 0. The molecule has 552 valence electrons. The maximum atomic E-state index is 13.1. The molecule has 17 nitrogen and oxygen atoms in total. The molecular formula is C74H144O17P2. The first-order valence-corrected chi connectivity index (χ1v) is 41.4. The van der Waals surface area contributed by atoms with E-state index in [1.54, 1.807) is 0 Å². The summed E-state index contributed by atoms with van der Waals surface area (Å²) in [6.07, 6.45) is 49.8. The Kier molecular flexibility index (Phi) is 63.4. The second-order valence-electron chi connectivity index (χ2n) is 27.9. The molecule has 0 aromatic carbocycles. The van der Waals surface area contributed by atoms with Gasteiger partial charge >= 0.3 is 39.5 Å². The van der Waals surface area contributed by atoms with Crippen LogP contribution in [0.1, 0.15) is 376 Å². The van der Waals surface area contributed by atoms with Crippen LogP contribution in [0.2, 0.25) is 0 Å². The molecule has 0 fully saturated rings. The van der Waals surface area contributed by atoms with Crippen molar-refractivity contribution in [1.29, 1.82) is 0 Å². The molecule has 6 atom stereocenters. The van der Waals surface area contributed by atoms with Gasteiger partial charge in [0.25, 0.3) is 0 Å². The first kappa shape index (κ1) is 91.1. The van der Waals surface area contributed by atoms with Crippen LogP contribution in [0.3, 0.4) is 0 Å². The fraction of sp³-hybridized carbons (Fsp3) is 0.946. The Morgan fingerprint density at radius 2 is 0.548 bits per heavy atom. The van der Waals surface area contributed by atoms with Crippen molar-refractivity contribution in [3.05, 3.63) is 0 Å². The zero-order valence-electron chi connectivity index (χ0n) is 60.7. The Bertz CT molecular complexity index is 1820. The number of aliphatic hydroxyl groups excluding tert-OH is 1. The molecule has 0 heterocycles. The van der Waals surface area contributed by atoms with Crippen LogP contribution in [0, 0.1) is 17.8 Å². The number of hydrogen-bond donors (Lipinski definition) is 3. The molecule has 0 spiro atoms. The van der Waals surface area contributed by atoms with E-state index in [9.17, 15) is 43.2 Å². The maximum absolute atomic E-state index is 13.1. The second-order valence-corrected chi connectivity index (χ2v) is 30.8. The van der Waals surface area contributed by atoms with Crippen molar-refractivity contribution in [3.63, 3.8) is 0 Å². The fourth-order valence-electron chi connectivity index (χ4n) is 11.2. The van der Waals surface area contributed by atoms with E-state index >= 15 is 0 Å². The number of aliphatic hydroxyl groups is 1. The second kappa shape index (κ2) is 64.7. The summed E-state index contributed by atoms with van der Waals surface area (Å²) >= 11 is 0. The number of ether oxygens (including phenoxy) is 4. The number of carbonyl (C=O) groups excluding carboxylic acids is 4. The van der Waals surface area contributed by atoms with Crippen molar-refractivity contribution >= 4 is 39.5 Å². The van der Waals surface area contributed by atoms with Gasteiger partial charge in [0.15, 0.2) is 12.2 Å². The smallest absolute Gasteiger partial charge is 0.462 e. The van der Waals surface area contributed by atoms with E-state index < -0.39 is 97.5 Å². The van der Waals surface area contributed by atoms with Gasteiger partial charge in [-0.2, -0.15) is 0 Å². The molecule has 93 heavy (non-hydrogen) atoms. The van der Waals surface area contributed by atoms with E-state index in [2.05, 4.69) is 48.5 Å². The van der Waals surface area contributed by atoms with Gasteiger partial charge in [0, 0.05) is 25.7 Å². The largest absolute Gasteiger partial charge is 0.472 e. The van der Waals surface area contributed by atoms with Crippen molar-refractivity contribution < 1.29 is 80.2 Å². The molecule has 0 saturated carbocycles. The third kappa shape index (κ3) is 67.0. The molecule has 0 aliphatic rings. The standard InChI is InChI=1S/C74H144O17P2/c1-8-10-11-12-13-14-15-16-17-20-27-36-43-50-57-73(78)91-70(62-85-72(77)56-49-42-35-30-29-32-39-46-53-66(5)6)64-89-93(82,83)87-60-68(75)59-86-92(80,81)88-63-69(90-74(79)58-51-44-37-28-21-18-19-24-31-38-45-52-65(3)4)61-84-71(76)55-48-41-34-26-23-22-25-33-40-47-54-67(7)9-2/h65-70,75H,8-64H2,1-7H3,(H,80,81)(H,82,83)/t67?,68-,69-,70-/m1/s1. The van der Waals surface area contributed by atoms with Crippen LogP contribution in [-0.4, -0.2) is 96.7 Å². The van der Waals surface area contributed by atoms with Gasteiger partial charge in [0.2, 0.25) is 0 Å². The van der Waals surface area contributed by atoms with Crippen LogP contribution in [0.4, 0.5) is 0 Å². The molecule has 0 aromatic heterocycles. The van der Waals surface area contributed by atoms with E-state index in [4.69, 9.17) is 37.0 Å². The minimum atomic E-state index is -4.96. The normalized spacial score (nSPS) is 14.4. The van der Waals surface area contributed by atoms with Crippen LogP contribution in [0.15, 0.2) is 0 Å². The Hall–Kier alpha value is -1.94. The average molecular weight is 1370 g/mol. The Morgan fingerprint density at radius 3 is 0.817 bits per heavy atom. The zero-order chi connectivity index (χ0) is 68.7. The number of phosphoric acid groups is 2. The van der Waals surface area contributed by atoms with Gasteiger partial charge in [-0.1, -0.05) is 325 Å². The molecule has 0 aliphatic heterocycles. The third-order valence-corrected chi connectivity index (χ3v) is 19.4. The lowest BCUT2D eigenvalue weighted by atomic mass is 9.99. The summed E-state index contributed by atoms with van der Waals surface area (Å²) < 4.78 is 68.5. The van der Waals surface area contributed by atoms with Crippen molar-refractivity contribution in [3.8, 4) is 0 Å². The monoisotopic (exact) mass is 1370 g/mol. The molecule has 3 N–H and O–H groups in total. The summed E-state index contributed by atoms with van der Waals surface area (Å²) in [7, 11) is -9.91. The van der Waals surface area contributed by atoms with Gasteiger partial charge in [-0.25, -0.2) is 9.13 Å². The summed E-state index contributed by atoms with van der Waals surface area (Å²) in [5, 5.41) is 10.6. The zero-order valence-corrected chi connectivity index (χ0v) is 62.5. The highest BCUT2D eigenvalue weighted by Crippen LogP contribution is 2.45. The minimum Gasteiger partial charge on any atom is -0.462 e. The van der Waals surface area contributed by atoms with Gasteiger partial charge in [-0.15, -0.1) is 0 Å². The molecule has 0 radical (unpaired) electrons. The number of carbonyl (C=O) groups is 4. The predicted molar refractivity (Wildman–Crippen MR) is 377 cm³/mol. The first-order chi connectivity index (χ1) is 44.8. The molecule has 0 amide bonds. The summed E-state index contributed by atoms with van der Waals surface area (Å²) in [5.41, 5.74) is 0. The molecule has 0 bridgehead atoms. The maximum Gasteiger partial charge on any atom is 0.472 e. The van der Waals surface area contributed by atoms with Crippen molar-refractivity contribution in [1.82, 2.24) is 0 Å². The third-order valence-electron chi connectivity index (χ3n) is 17.5. The molecule has 3 unspecified atom stereocenters. The number of hydrogen-bond acceptors (Lipinski definition) is 15. The molecule has 0 rings (SSSR count). The lowest BCUT2D eigenvalue weighted by Gasteiger charge is -2.21. The summed E-state index contributed by atoms with van der Waals surface area (Å²) in [4.78, 5) is 72.8. The first-order valence-electron chi connectivity index (χ1n) is 38.4. The van der Waals surface area contributed by atoms with E-state index in [1.165, 1.54) is 186 Å². The van der Waals surface area contributed by atoms with Crippen molar-refractivity contribution in [2.24, 2.45) is 17.8 Å². The number of unbranched alkanes of at least 4 members (excludes halogenated alkanes) is 39. The van der Waals surface area contributed by atoms with E-state index in [-0.39, 0.29) is 25.7 Å². The highest BCUT2D eigenvalue weighted by Gasteiger charge is 2.30. The van der Waals surface area contributed by atoms with Gasteiger partial charge in [-0.05, 0) is 43.4 Å². The molecule has 19 heteroatoms. The summed E-state index contributed by atoms with van der Waals surface area (Å²) in [5.74, 6) is 0.182. The highest BCUT2D eigenvalue weighted by molar-refractivity contribution is 7.47. The minimum absolute atomic E-state index is 0.106. The van der Waals surface area contributed by atoms with E-state index in [0.29, 0.717) is 25.7 Å². The van der Waals surface area contributed by atoms with Gasteiger partial charge in [-0.3, -0.25) is 37.3 Å². The highest BCUT2D eigenvalue weighted by atomic mass is 31.2. The van der Waals surface area contributed by atoms with Crippen LogP contribution < -0.4 is 0 Å². The predicted octanol–water partition coefficient (Wildman–Crippen LogP) is 21.4. The average Bonchev–Trinajstić information content (AvgIpc) is 1.69. The van der Waals surface area contributed by atoms with Crippen LogP contribution in [0.25, 0.3) is 0 Å². The lowest BCUT2D eigenvalue weighted by molar-refractivity contribution is -0.161. The van der Waals surface area contributed by atoms with Gasteiger partial charge in [0.1, 0.15) is 19.3 Å². The number of rotatable bonds is 72. The van der Waals surface area contributed by atoms with Crippen LogP contribution in [0.5, 0.6) is 0 Å². The number of phosphoric ester groups is 2. The fourth-order valence-corrected chi connectivity index (χ4v) is 12.8. The lowest BCUT2D eigenvalue weighted by Crippen LogP contribution is -2.30. The molecule has 0 aliphatic carbocycles. The van der Waals surface area contributed by atoms with E-state index in [1.807, 2.05) is 0 Å². The van der Waals surface area contributed by atoms with Crippen LogP contribution >= 0.6 is 15.6 Å². The molecule has 0 aromatic rings. The van der Waals surface area contributed by atoms with Crippen molar-refractivity contribution in [2.75, 3.05) is 39.6 Å². The molecule has 0 saturated heterocycles. The summed E-state index contributed by atoms with van der Waals surface area (Å²) in [6.45, 7) is 11.9.